The third-order valence-electron chi connectivity index (χ3n) is 5.65. The second-order valence-electron chi connectivity index (χ2n) is 7.17. The highest BCUT2D eigenvalue weighted by Crippen LogP contribution is 2.32. The second-order valence-corrected chi connectivity index (χ2v) is 7.17. The number of phenols is 1. The van der Waals surface area contributed by atoms with Crippen LogP contribution in [0.15, 0.2) is 48.5 Å². The standard InChI is InChI=1S/C21H23FN2O2/c22-17-3-5-18(6-4-17)24-14-11-20(21(24)26)23-12-9-16(10-13-23)15-1-7-19(25)8-2-15/h1-8,16,20,25H,9-14H2/t20-/m1/s1. The molecule has 2 fully saturated rings. The Labute approximate surface area is 152 Å². The van der Waals surface area contributed by atoms with Crippen LogP contribution in [-0.4, -0.2) is 41.6 Å². The number of carbonyl (C=O) groups excluding carboxylic acids is 1. The number of anilines is 1. The molecule has 2 aromatic rings. The number of benzene rings is 2. The molecule has 0 saturated carbocycles. The lowest BCUT2D eigenvalue weighted by Crippen LogP contribution is -2.45. The number of rotatable bonds is 3. The van der Waals surface area contributed by atoms with Crippen molar-refractivity contribution in [2.24, 2.45) is 0 Å². The zero-order valence-electron chi connectivity index (χ0n) is 14.6. The summed E-state index contributed by atoms with van der Waals surface area (Å²) in [4.78, 5) is 16.9. The molecular formula is C21H23FN2O2. The summed E-state index contributed by atoms with van der Waals surface area (Å²) in [5, 5.41) is 9.43. The van der Waals surface area contributed by atoms with Crippen LogP contribution in [0, 0.1) is 5.82 Å². The van der Waals surface area contributed by atoms with Gasteiger partial charge in [0.25, 0.3) is 0 Å². The fourth-order valence-electron chi connectivity index (χ4n) is 4.17. The summed E-state index contributed by atoms with van der Waals surface area (Å²) in [7, 11) is 0. The van der Waals surface area contributed by atoms with Crippen molar-refractivity contribution in [1.82, 2.24) is 4.90 Å². The van der Waals surface area contributed by atoms with E-state index in [1.165, 1.54) is 17.7 Å². The van der Waals surface area contributed by atoms with Gasteiger partial charge in [0.05, 0.1) is 6.04 Å². The molecule has 26 heavy (non-hydrogen) atoms. The van der Waals surface area contributed by atoms with E-state index >= 15 is 0 Å². The highest BCUT2D eigenvalue weighted by molar-refractivity contribution is 5.99. The first-order chi connectivity index (χ1) is 12.6. The lowest BCUT2D eigenvalue weighted by Gasteiger charge is -2.35. The molecule has 0 aliphatic carbocycles. The molecule has 4 rings (SSSR count). The number of hydrogen-bond donors (Lipinski definition) is 1. The minimum absolute atomic E-state index is 0.0687. The Morgan fingerprint density at radius 1 is 0.885 bits per heavy atom. The molecule has 2 heterocycles. The molecule has 0 radical (unpaired) electrons. The molecule has 136 valence electrons. The lowest BCUT2D eigenvalue weighted by molar-refractivity contribution is -0.122. The Kier molecular flexibility index (Phi) is 4.64. The third kappa shape index (κ3) is 3.31. The Balaban J connectivity index is 1.38. The van der Waals surface area contributed by atoms with Gasteiger partial charge in [-0.3, -0.25) is 9.69 Å². The van der Waals surface area contributed by atoms with Crippen molar-refractivity contribution in [1.29, 1.82) is 0 Å². The topological polar surface area (TPSA) is 43.8 Å². The second kappa shape index (κ2) is 7.08. The number of hydrogen-bond acceptors (Lipinski definition) is 3. The molecule has 2 aliphatic rings. The van der Waals surface area contributed by atoms with Gasteiger partial charge in [-0.25, -0.2) is 4.39 Å². The van der Waals surface area contributed by atoms with E-state index in [2.05, 4.69) is 4.90 Å². The summed E-state index contributed by atoms with van der Waals surface area (Å²) in [6, 6.07) is 13.5. The Hall–Kier alpha value is -2.40. The molecule has 2 aliphatic heterocycles. The first-order valence-electron chi connectivity index (χ1n) is 9.22. The number of piperidine rings is 1. The molecule has 0 aromatic heterocycles. The van der Waals surface area contributed by atoms with E-state index in [1.54, 1.807) is 29.2 Å². The van der Waals surface area contributed by atoms with E-state index < -0.39 is 0 Å². The maximum absolute atomic E-state index is 13.1. The van der Waals surface area contributed by atoms with Crippen LogP contribution in [0.1, 0.15) is 30.7 Å². The number of phenolic OH excluding ortho intramolecular Hbond substituents is 1. The summed E-state index contributed by atoms with van der Waals surface area (Å²) in [5.41, 5.74) is 2.03. The maximum Gasteiger partial charge on any atom is 0.244 e. The van der Waals surface area contributed by atoms with Gasteiger partial charge in [0.15, 0.2) is 0 Å². The van der Waals surface area contributed by atoms with Gasteiger partial charge < -0.3 is 10.0 Å². The summed E-state index contributed by atoms with van der Waals surface area (Å²) in [6.07, 6.45) is 2.86. The molecule has 2 aromatic carbocycles. The molecular weight excluding hydrogens is 331 g/mol. The van der Waals surface area contributed by atoms with E-state index in [0.29, 0.717) is 18.2 Å². The number of amides is 1. The minimum atomic E-state index is -0.284. The molecule has 0 spiro atoms. The summed E-state index contributed by atoms with van der Waals surface area (Å²) in [5.74, 6) is 0.619. The highest BCUT2D eigenvalue weighted by Gasteiger charge is 2.38. The average molecular weight is 354 g/mol. The molecule has 5 heteroatoms. The number of carbonyl (C=O) groups is 1. The zero-order chi connectivity index (χ0) is 18.1. The van der Waals surface area contributed by atoms with Gasteiger partial charge in [-0.05, 0) is 80.2 Å². The van der Waals surface area contributed by atoms with Crippen molar-refractivity contribution in [2.45, 2.75) is 31.2 Å². The van der Waals surface area contributed by atoms with Crippen molar-refractivity contribution >= 4 is 11.6 Å². The van der Waals surface area contributed by atoms with Crippen LogP contribution in [-0.2, 0) is 4.79 Å². The van der Waals surface area contributed by atoms with Crippen molar-refractivity contribution in [3.63, 3.8) is 0 Å². The third-order valence-corrected chi connectivity index (χ3v) is 5.65. The molecule has 1 N–H and O–H groups in total. The van der Waals surface area contributed by atoms with Crippen LogP contribution >= 0.6 is 0 Å². The number of nitrogens with zero attached hydrogens (tertiary/aromatic N) is 2. The predicted molar refractivity (Wildman–Crippen MR) is 98.8 cm³/mol. The molecule has 1 amide bonds. The van der Waals surface area contributed by atoms with E-state index in [0.717, 1.165) is 38.0 Å². The van der Waals surface area contributed by atoms with Crippen LogP contribution in [0.25, 0.3) is 0 Å². The van der Waals surface area contributed by atoms with E-state index in [4.69, 9.17) is 0 Å². The number of halogens is 1. The Morgan fingerprint density at radius 2 is 1.54 bits per heavy atom. The van der Waals surface area contributed by atoms with Crippen LogP contribution in [0.4, 0.5) is 10.1 Å². The van der Waals surface area contributed by atoms with Gasteiger partial charge in [-0.2, -0.15) is 0 Å². The van der Waals surface area contributed by atoms with Gasteiger partial charge in [-0.1, -0.05) is 12.1 Å². The van der Waals surface area contributed by atoms with Crippen LogP contribution < -0.4 is 4.90 Å². The fourth-order valence-corrected chi connectivity index (χ4v) is 4.17. The quantitative estimate of drug-likeness (QED) is 0.917. The van der Waals surface area contributed by atoms with E-state index in [9.17, 15) is 14.3 Å². The molecule has 2 saturated heterocycles. The van der Waals surface area contributed by atoms with Gasteiger partial charge in [-0.15, -0.1) is 0 Å². The monoisotopic (exact) mass is 354 g/mol. The minimum Gasteiger partial charge on any atom is -0.508 e. The lowest BCUT2D eigenvalue weighted by atomic mass is 9.89. The summed E-state index contributed by atoms with van der Waals surface area (Å²) >= 11 is 0. The van der Waals surface area contributed by atoms with Gasteiger partial charge >= 0.3 is 0 Å². The molecule has 0 unspecified atom stereocenters. The molecule has 4 nitrogen and oxygen atoms in total. The number of likely N-dealkylation sites (tertiary alicyclic amines) is 1. The first-order valence-corrected chi connectivity index (χ1v) is 9.22. The van der Waals surface area contributed by atoms with Crippen molar-refractivity contribution < 1.29 is 14.3 Å². The van der Waals surface area contributed by atoms with Gasteiger partial charge in [0.1, 0.15) is 11.6 Å². The Morgan fingerprint density at radius 3 is 2.19 bits per heavy atom. The highest BCUT2D eigenvalue weighted by atomic mass is 19.1. The van der Waals surface area contributed by atoms with Gasteiger partial charge in [0.2, 0.25) is 5.91 Å². The summed E-state index contributed by atoms with van der Waals surface area (Å²) < 4.78 is 13.1. The van der Waals surface area contributed by atoms with Crippen LogP contribution in [0.2, 0.25) is 0 Å². The average Bonchev–Trinajstić information content (AvgIpc) is 3.05. The summed E-state index contributed by atoms with van der Waals surface area (Å²) in [6.45, 7) is 2.49. The molecule has 1 atom stereocenters. The normalized spacial score (nSPS) is 22.1. The smallest absolute Gasteiger partial charge is 0.244 e. The van der Waals surface area contributed by atoms with Crippen molar-refractivity contribution in [3.8, 4) is 5.75 Å². The van der Waals surface area contributed by atoms with E-state index in [1.807, 2.05) is 12.1 Å². The zero-order valence-corrected chi connectivity index (χ0v) is 14.6. The van der Waals surface area contributed by atoms with Crippen LogP contribution in [0.5, 0.6) is 5.75 Å². The maximum atomic E-state index is 13.1. The SMILES string of the molecule is O=C1[C@H](N2CCC(c3ccc(O)cc3)CC2)CCN1c1ccc(F)cc1. The van der Waals surface area contributed by atoms with Crippen molar-refractivity contribution in [3.05, 3.63) is 59.9 Å². The van der Waals surface area contributed by atoms with Crippen molar-refractivity contribution in [2.75, 3.05) is 24.5 Å². The Bertz CT molecular complexity index is 768. The van der Waals surface area contributed by atoms with Crippen LogP contribution in [0.3, 0.4) is 0 Å². The fraction of sp³-hybridized carbons (Fsp3) is 0.381. The van der Waals surface area contributed by atoms with E-state index in [-0.39, 0.29) is 17.8 Å². The molecule has 0 bridgehead atoms. The number of aromatic hydroxyl groups is 1. The predicted octanol–water partition coefficient (Wildman–Crippen LogP) is 3.52. The first kappa shape index (κ1) is 17.0. The van der Waals surface area contributed by atoms with Gasteiger partial charge in [0, 0.05) is 12.2 Å². The largest absolute Gasteiger partial charge is 0.508 e.